The summed E-state index contributed by atoms with van der Waals surface area (Å²) in [6.07, 6.45) is 1.55. The minimum Gasteiger partial charge on any atom is -0.432 e. The van der Waals surface area contributed by atoms with Crippen LogP contribution in [0, 0.1) is 13.8 Å². The lowest BCUT2D eigenvalue weighted by atomic mass is 10.2. The third kappa shape index (κ3) is 3.21. The molecular formula is C12H12ClN3OS. The minimum atomic E-state index is 0.365. The molecule has 0 radical (unpaired) electrons. The van der Waals surface area contributed by atoms with Crippen LogP contribution in [-0.2, 0) is 0 Å². The van der Waals surface area contributed by atoms with Gasteiger partial charge in [0.2, 0.25) is 0 Å². The van der Waals surface area contributed by atoms with Gasteiger partial charge in [-0.05, 0) is 43.8 Å². The first-order valence-electron chi connectivity index (χ1n) is 5.31. The molecule has 0 spiro atoms. The van der Waals surface area contributed by atoms with Gasteiger partial charge in [0.1, 0.15) is 6.26 Å². The molecule has 2 N–H and O–H groups in total. The Kier molecular flexibility index (Phi) is 3.84. The summed E-state index contributed by atoms with van der Waals surface area (Å²) in [5.41, 5.74) is 2.69. The minimum absolute atomic E-state index is 0.365. The van der Waals surface area contributed by atoms with E-state index < -0.39 is 0 Å². The number of oxazole rings is 1. The Labute approximate surface area is 115 Å². The first-order valence-corrected chi connectivity index (χ1v) is 6.09. The van der Waals surface area contributed by atoms with E-state index in [1.54, 1.807) is 6.26 Å². The van der Waals surface area contributed by atoms with Gasteiger partial charge < -0.3 is 9.73 Å². The van der Waals surface area contributed by atoms with E-state index in [-0.39, 0.29) is 0 Å². The molecule has 6 heteroatoms. The van der Waals surface area contributed by atoms with Gasteiger partial charge in [-0.1, -0.05) is 17.7 Å². The molecule has 0 saturated carbocycles. The van der Waals surface area contributed by atoms with Crippen molar-refractivity contribution in [3.05, 3.63) is 40.7 Å². The van der Waals surface area contributed by atoms with Gasteiger partial charge in [-0.2, -0.15) is 4.98 Å². The number of hydrogen-bond acceptors (Lipinski definition) is 3. The van der Waals surface area contributed by atoms with Gasteiger partial charge in [0, 0.05) is 10.7 Å². The van der Waals surface area contributed by atoms with E-state index in [9.17, 15) is 0 Å². The number of hydrogen-bond donors (Lipinski definition) is 2. The van der Waals surface area contributed by atoms with Crippen molar-refractivity contribution in [2.45, 2.75) is 13.8 Å². The Balaban J connectivity index is 2.05. The summed E-state index contributed by atoms with van der Waals surface area (Å²) < 4.78 is 5.15. The Hall–Kier alpha value is -1.59. The van der Waals surface area contributed by atoms with Crippen LogP contribution < -0.4 is 10.6 Å². The van der Waals surface area contributed by atoms with Gasteiger partial charge in [-0.25, -0.2) is 0 Å². The Morgan fingerprint density at radius 2 is 2.11 bits per heavy atom. The number of aryl methyl sites for hydroxylation is 2. The van der Waals surface area contributed by atoms with Gasteiger partial charge >= 0.3 is 6.01 Å². The third-order valence-corrected chi connectivity index (χ3v) is 2.73. The van der Waals surface area contributed by atoms with Crippen LogP contribution >= 0.6 is 23.8 Å². The highest BCUT2D eigenvalue weighted by molar-refractivity contribution is 7.80. The van der Waals surface area contributed by atoms with Crippen molar-refractivity contribution in [1.29, 1.82) is 0 Å². The summed E-state index contributed by atoms with van der Waals surface area (Å²) in [6, 6.07) is 5.93. The van der Waals surface area contributed by atoms with E-state index in [0.717, 1.165) is 16.9 Å². The van der Waals surface area contributed by atoms with E-state index in [1.165, 1.54) is 0 Å². The van der Waals surface area contributed by atoms with Crippen LogP contribution in [0.4, 0.5) is 11.7 Å². The number of thiocarbonyl (C=S) groups is 1. The smallest absolute Gasteiger partial charge is 0.301 e. The topological polar surface area (TPSA) is 50.1 Å². The second kappa shape index (κ2) is 5.37. The molecule has 1 heterocycles. The largest absolute Gasteiger partial charge is 0.432 e. The first-order chi connectivity index (χ1) is 8.54. The van der Waals surface area contributed by atoms with Crippen molar-refractivity contribution < 1.29 is 4.42 Å². The van der Waals surface area contributed by atoms with Crippen LogP contribution in [0.25, 0.3) is 0 Å². The Bertz CT molecular complexity index is 582. The highest BCUT2D eigenvalue weighted by atomic mass is 35.5. The monoisotopic (exact) mass is 281 g/mol. The van der Waals surface area contributed by atoms with E-state index in [1.807, 2.05) is 32.0 Å². The molecule has 0 fully saturated rings. The third-order valence-electron chi connectivity index (χ3n) is 2.29. The predicted octanol–water partition coefficient (Wildman–Crippen LogP) is 3.75. The van der Waals surface area contributed by atoms with Crippen molar-refractivity contribution in [1.82, 2.24) is 4.98 Å². The number of halogens is 1. The lowest BCUT2D eigenvalue weighted by molar-refractivity contribution is 0.578. The van der Waals surface area contributed by atoms with E-state index in [0.29, 0.717) is 16.1 Å². The van der Waals surface area contributed by atoms with Crippen LogP contribution in [0.5, 0.6) is 0 Å². The molecule has 1 aromatic heterocycles. The zero-order valence-electron chi connectivity index (χ0n) is 9.95. The van der Waals surface area contributed by atoms with Crippen molar-refractivity contribution in [2.75, 3.05) is 10.6 Å². The summed E-state index contributed by atoms with van der Waals surface area (Å²) in [6.45, 7) is 3.81. The molecule has 0 aliphatic rings. The van der Waals surface area contributed by atoms with E-state index in [2.05, 4.69) is 15.6 Å². The standard InChI is InChI=1S/C12H12ClN3OS/c1-7-3-4-9(13)5-10(7)15-12(18)16-11-14-8(2)6-17-11/h3-6H,1-2H3,(H2,14,15,16,18). The van der Waals surface area contributed by atoms with Gasteiger partial charge in [-0.15, -0.1) is 0 Å². The molecule has 94 valence electrons. The fourth-order valence-electron chi connectivity index (χ4n) is 1.39. The molecule has 0 bridgehead atoms. The molecule has 0 saturated heterocycles. The summed E-state index contributed by atoms with van der Waals surface area (Å²) in [4.78, 5) is 4.10. The maximum atomic E-state index is 5.93. The molecule has 1 aromatic carbocycles. The van der Waals surface area contributed by atoms with Gasteiger partial charge in [0.15, 0.2) is 5.11 Å². The van der Waals surface area contributed by atoms with Crippen molar-refractivity contribution in [2.24, 2.45) is 0 Å². The molecular weight excluding hydrogens is 270 g/mol. The normalized spacial score (nSPS) is 10.2. The van der Waals surface area contributed by atoms with Crippen LogP contribution in [-0.4, -0.2) is 10.1 Å². The average Bonchev–Trinajstić information content (AvgIpc) is 2.69. The lowest BCUT2D eigenvalue weighted by Crippen LogP contribution is -2.19. The van der Waals surface area contributed by atoms with Gasteiger partial charge in [0.25, 0.3) is 0 Å². The number of anilines is 2. The summed E-state index contributed by atoms with van der Waals surface area (Å²) >= 11 is 11.1. The highest BCUT2D eigenvalue weighted by Crippen LogP contribution is 2.20. The van der Waals surface area contributed by atoms with Crippen molar-refractivity contribution in [3.63, 3.8) is 0 Å². The summed E-state index contributed by atoms with van der Waals surface area (Å²) in [5.74, 6) is 0. The fraction of sp³-hybridized carbons (Fsp3) is 0.167. The van der Waals surface area contributed by atoms with E-state index >= 15 is 0 Å². The average molecular weight is 282 g/mol. The molecule has 2 rings (SSSR count). The zero-order valence-corrected chi connectivity index (χ0v) is 11.5. The zero-order chi connectivity index (χ0) is 13.1. The lowest BCUT2D eigenvalue weighted by Gasteiger charge is -2.10. The van der Waals surface area contributed by atoms with Crippen molar-refractivity contribution in [3.8, 4) is 0 Å². The molecule has 0 aliphatic heterocycles. The number of nitrogens with zero attached hydrogens (tertiary/aromatic N) is 1. The Morgan fingerprint density at radius 3 is 2.78 bits per heavy atom. The maximum Gasteiger partial charge on any atom is 0.301 e. The van der Waals surface area contributed by atoms with Crippen LogP contribution in [0.1, 0.15) is 11.3 Å². The highest BCUT2D eigenvalue weighted by Gasteiger charge is 2.05. The molecule has 0 aliphatic carbocycles. The van der Waals surface area contributed by atoms with Crippen LogP contribution in [0.15, 0.2) is 28.9 Å². The molecule has 0 amide bonds. The summed E-state index contributed by atoms with van der Waals surface area (Å²) in [5, 5.41) is 6.96. The number of aromatic nitrogens is 1. The van der Waals surface area contributed by atoms with E-state index in [4.69, 9.17) is 28.2 Å². The van der Waals surface area contributed by atoms with Crippen LogP contribution in [0.3, 0.4) is 0 Å². The molecule has 0 atom stereocenters. The maximum absolute atomic E-state index is 5.93. The number of benzene rings is 1. The molecule has 2 aromatic rings. The SMILES string of the molecule is Cc1coc(NC(=S)Nc2cc(Cl)ccc2C)n1. The molecule has 4 nitrogen and oxygen atoms in total. The fourth-order valence-corrected chi connectivity index (χ4v) is 1.76. The number of nitrogens with one attached hydrogen (secondary N) is 2. The second-order valence-electron chi connectivity index (χ2n) is 3.83. The van der Waals surface area contributed by atoms with Gasteiger partial charge in [0.05, 0.1) is 5.69 Å². The second-order valence-corrected chi connectivity index (χ2v) is 4.68. The quantitative estimate of drug-likeness (QED) is 0.821. The number of rotatable bonds is 2. The first kappa shape index (κ1) is 12.9. The predicted molar refractivity (Wildman–Crippen MR) is 77.3 cm³/mol. The van der Waals surface area contributed by atoms with Crippen LogP contribution in [0.2, 0.25) is 5.02 Å². The van der Waals surface area contributed by atoms with Gasteiger partial charge in [-0.3, -0.25) is 5.32 Å². The van der Waals surface area contributed by atoms with Crippen molar-refractivity contribution >= 4 is 40.6 Å². The molecule has 0 unspecified atom stereocenters. The molecule has 18 heavy (non-hydrogen) atoms. The Morgan fingerprint density at radius 1 is 1.33 bits per heavy atom. The summed E-state index contributed by atoms with van der Waals surface area (Å²) in [7, 11) is 0.